The molecule has 4 atom stereocenters. The molecule has 2 aliphatic heterocycles. The molecule has 4 unspecified atom stereocenters. The van der Waals surface area contributed by atoms with Crippen LogP contribution in [0.3, 0.4) is 0 Å². The maximum atomic E-state index is 12.4. The summed E-state index contributed by atoms with van der Waals surface area (Å²) >= 11 is 0. The highest BCUT2D eigenvalue weighted by Gasteiger charge is 2.43. The lowest BCUT2D eigenvalue weighted by atomic mass is 9.93. The van der Waals surface area contributed by atoms with E-state index in [0.717, 1.165) is 63.4 Å². The number of hydrogen-bond donors (Lipinski definition) is 1. The Labute approximate surface area is 134 Å². The Morgan fingerprint density at radius 1 is 1.00 bits per heavy atom. The minimum absolute atomic E-state index is 0. The van der Waals surface area contributed by atoms with Gasteiger partial charge in [0, 0.05) is 32.2 Å². The Morgan fingerprint density at radius 2 is 1.81 bits per heavy atom. The van der Waals surface area contributed by atoms with Crippen LogP contribution in [0.4, 0.5) is 0 Å². The molecule has 2 heterocycles. The number of amides is 1. The van der Waals surface area contributed by atoms with Crippen molar-refractivity contribution in [2.75, 3.05) is 32.7 Å². The highest BCUT2D eigenvalue weighted by atomic mass is 35.5. The van der Waals surface area contributed by atoms with Gasteiger partial charge in [0.1, 0.15) is 0 Å². The van der Waals surface area contributed by atoms with Crippen molar-refractivity contribution in [3.63, 3.8) is 0 Å². The highest BCUT2D eigenvalue weighted by Crippen LogP contribution is 2.46. The fourth-order valence-electron chi connectivity index (χ4n) is 5.05. The first kappa shape index (κ1) is 15.6. The third kappa shape index (κ3) is 2.95. The molecular formula is C16H28ClN3O. The molecule has 1 N–H and O–H groups in total. The molecule has 1 amide bonds. The first-order valence-electron chi connectivity index (χ1n) is 8.57. The Kier molecular flexibility index (Phi) is 4.77. The standard InChI is InChI=1S/C16H27N3O.ClH/c20-16(14-2-1-5-17-14)19-8-6-18(7-9-19)15-11-12-3-4-13(15)10-12;/h12-15,17H,1-11H2;1H. The van der Waals surface area contributed by atoms with Crippen molar-refractivity contribution in [1.82, 2.24) is 15.1 Å². The minimum Gasteiger partial charge on any atom is -0.339 e. The van der Waals surface area contributed by atoms with E-state index in [1.807, 2.05) is 0 Å². The minimum atomic E-state index is 0. The third-order valence-electron chi connectivity index (χ3n) is 6.15. The summed E-state index contributed by atoms with van der Waals surface area (Å²) in [6, 6.07) is 0.958. The van der Waals surface area contributed by atoms with Crippen molar-refractivity contribution in [3.8, 4) is 0 Å². The molecule has 2 aliphatic carbocycles. The quantitative estimate of drug-likeness (QED) is 0.839. The fourth-order valence-corrected chi connectivity index (χ4v) is 5.05. The third-order valence-corrected chi connectivity index (χ3v) is 6.15. The van der Waals surface area contributed by atoms with Crippen LogP contribution in [-0.4, -0.2) is 60.5 Å². The Bertz CT molecular complexity index is 378. The maximum absolute atomic E-state index is 12.4. The molecule has 4 aliphatic rings. The Hall–Kier alpha value is -0.320. The molecular weight excluding hydrogens is 286 g/mol. The summed E-state index contributed by atoms with van der Waals surface area (Å²) in [5.74, 6) is 2.35. The first-order valence-corrected chi connectivity index (χ1v) is 8.57. The molecule has 4 fully saturated rings. The number of hydrogen-bond acceptors (Lipinski definition) is 3. The highest BCUT2D eigenvalue weighted by molar-refractivity contribution is 5.85. The van der Waals surface area contributed by atoms with E-state index in [1.54, 1.807) is 0 Å². The second-order valence-corrected chi connectivity index (χ2v) is 7.25. The van der Waals surface area contributed by atoms with Gasteiger partial charge < -0.3 is 10.2 Å². The molecule has 0 spiro atoms. The zero-order valence-corrected chi connectivity index (χ0v) is 13.6. The Morgan fingerprint density at radius 3 is 2.38 bits per heavy atom. The number of nitrogens with one attached hydrogen (secondary N) is 1. The number of fused-ring (bicyclic) bond motifs is 2. The van der Waals surface area contributed by atoms with Crippen molar-refractivity contribution < 1.29 is 4.79 Å². The zero-order valence-electron chi connectivity index (χ0n) is 12.8. The second kappa shape index (κ2) is 6.43. The number of carbonyl (C=O) groups excluding carboxylic acids is 1. The second-order valence-electron chi connectivity index (χ2n) is 7.25. The molecule has 4 rings (SSSR count). The van der Waals surface area contributed by atoms with Crippen LogP contribution < -0.4 is 5.32 Å². The van der Waals surface area contributed by atoms with Crippen molar-refractivity contribution in [2.24, 2.45) is 11.8 Å². The average molecular weight is 314 g/mol. The van der Waals surface area contributed by atoms with E-state index >= 15 is 0 Å². The van der Waals surface area contributed by atoms with Gasteiger partial charge in [0.25, 0.3) is 0 Å². The van der Waals surface area contributed by atoms with Crippen LogP contribution in [0.25, 0.3) is 0 Å². The van der Waals surface area contributed by atoms with Gasteiger partial charge in [-0.3, -0.25) is 9.69 Å². The number of carbonyl (C=O) groups is 1. The van der Waals surface area contributed by atoms with Gasteiger partial charge in [0.15, 0.2) is 0 Å². The van der Waals surface area contributed by atoms with Crippen LogP contribution in [0, 0.1) is 11.8 Å². The van der Waals surface area contributed by atoms with Gasteiger partial charge in [0.05, 0.1) is 6.04 Å². The van der Waals surface area contributed by atoms with Gasteiger partial charge in [-0.15, -0.1) is 12.4 Å². The normalized spacial score (nSPS) is 39.5. The van der Waals surface area contributed by atoms with Crippen molar-refractivity contribution in [1.29, 1.82) is 0 Å². The molecule has 2 saturated heterocycles. The van der Waals surface area contributed by atoms with Crippen LogP contribution in [-0.2, 0) is 4.79 Å². The van der Waals surface area contributed by atoms with E-state index in [-0.39, 0.29) is 18.4 Å². The first-order chi connectivity index (χ1) is 9.81. The van der Waals surface area contributed by atoms with Crippen LogP contribution in [0.5, 0.6) is 0 Å². The van der Waals surface area contributed by atoms with Gasteiger partial charge in [-0.25, -0.2) is 0 Å². The molecule has 0 aromatic heterocycles. The Balaban J connectivity index is 0.00000132. The number of halogens is 1. The van der Waals surface area contributed by atoms with Crippen molar-refractivity contribution in [2.45, 2.75) is 50.6 Å². The van der Waals surface area contributed by atoms with E-state index in [9.17, 15) is 4.79 Å². The maximum Gasteiger partial charge on any atom is 0.239 e. The van der Waals surface area contributed by atoms with E-state index in [4.69, 9.17) is 0 Å². The zero-order chi connectivity index (χ0) is 13.5. The molecule has 4 nitrogen and oxygen atoms in total. The lowest BCUT2D eigenvalue weighted by molar-refractivity contribution is -0.135. The fraction of sp³-hybridized carbons (Fsp3) is 0.938. The van der Waals surface area contributed by atoms with Crippen LogP contribution in [0.15, 0.2) is 0 Å². The molecule has 0 radical (unpaired) electrons. The summed E-state index contributed by atoms with van der Waals surface area (Å²) in [5.41, 5.74) is 0. The van der Waals surface area contributed by atoms with Crippen LogP contribution in [0.1, 0.15) is 38.5 Å². The smallest absolute Gasteiger partial charge is 0.239 e. The monoisotopic (exact) mass is 313 g/mol. The van der Waals surface area contributed by atoms with E-state index < -0.39 is 0 Å². The molecule has 120 valence electrons. The molecule has 2 saturated carbocycles. The lowest BCUT2D eigenvalue weighted by Gasteiger charge is -2.41. The summed E-state index contributed by atoms with van der Waals surface area (Å²) in [7, 11) is 0. The van der Waals surface area contributed by atoms with Gasteiger partial charge in [-0.05, 0) is 50.5 Å². The van der Waals surface area contributed by atoms with Gasteiger partial charge in [0.2, 0.25) is 5.91 Å². The number of nitrogens with zero attached hydrogens (tertiary/aromatic N) is 2. The van der Waals surface area contributed by atoms with E-state index in [2.05, 4.69) is 15.1 Å². The summed E-state index contributed by atoms with van der Waals surface area (Å²) < 4.78 is 0. The van der Waals surface area contributed by atoms with Crippen molar-refractivity contribution >= 4 is 18.3 Å². The number of piperazine rings is 1. The predicted molar refractivity (Wildman–Crippen MR) is 85.7 cm³/mol. The van der Waals surface area contributed by atoms with Crippen molar-refractivity contribution in [3.05, 3.63) is 0 Å². The average Bonchev–Trinajstić information content (AvgIpc) is 3.23. The molecule has 0 aromatic carbocycles. The molecule has 2 bridgehead atoms. The summed E-state index contributed by atoms with van der Waals surface area (Å²) in [5, 5.41) is 3.34. The molecule has 5 heteroatoms. The largest absolute Gasteiger partial charge is 0.339 e. The SMILES string of the molecule is Cl.O=C(C1CCCN1)N1CCN(C2CC3CCC2C3)CC1. The topological polar surface area (TPSA) is 35.6 Å². The predicted octanol–water partition coefficient (Wildman–Crippen LogP) is 1.49. The molecule has 0 aromatic rings. The van der Waals surface area contributed by atoms with Crippen LogP contribution in [0.2, 0.25) is 0 Å². The number of rotatable bonds is 2. The summed E-state index contributed by atoms with van der Waals surface area (Å²) in [4.78, 5) is 17.2. The summed E-state index contributed by atoms with van der Waals surface area (Å²) in [6.07, 6.45) is 8.04. The van der Waals surface area contributed by atoms with E-state index in [1.165, 1.54) is 25.7 Å². The van der Waals surface area contributed by atoms with Gasteiger partial charge in [-0.2, -0.15) is 0 Å². The van der Waals surface area contributed by atoms with E-state index in [0.29, 0.717) is 5.91 Å². The van der Waals surface area contributed by atoms with Gasteiger partial charge >= 0.3 is 0 Å². The van der Waals surface area contributed by atoms with Gasteiger partial charge in [-0.1, -0.05) is 6.42 Å². The molecule has 21 heavy (non-hydrogen) atoms. The summed E-state index contributed by atoms with van der Waals surface area (Å²) in [6.45, 7) is 5.12. The van der Waals surface area contributed by atoms with Crippen LogP contribution >= 0.6 is 12.4 Å². The lowest BCUT2D eigenvalue weighted by Crippen LogP contribution is -2.55.